The maximum Gasteiger partial charge on any atom is 0.435 e. The monoisotopic (exact) mass is 526 g/mol. The SMILES string of the molecule is CC(C)(C)OC(=O)n1cc2c(n1)CCCC2N=[N+]=[N-].CC(C)(C)OC(=O)n1ncc2c1CCCC2N=[N+]=[N-]. The number of azide groups is 2. The van der Waals surface area contributed by atoms with Crippen molar-refractivity contribution in [1.29, 1.82) is 0 Å². The Morgan fingerprint density at radius 3 is 2.05 bits per heavy atom. The zero-order chi connectivity index (χ0) is 28.1. The van der Waals surface area contributed by atoms with Crippen molar-refractivity contribution in [2.24, 2.45) is 10.2 Å². The van der Waals surface area contributed by atoms with Crippen LogP contribution in [-0.4, -0.2) is 42.9 Å². The number of fused-ring (bicyclic) bond motifs is 2. The number of nitrogens with zero attached hydrogens (tertiary/aromatic N) is 10. The molecular weight excluding hydrogens is 492 g/mol. The minimum Gasteiger partial charge on any atom is -0.442 e. The topological polar surface area (TPSA) is 186 Å². The first-order chi connectivity index (χ1) is 17.8. The normalized spacial score (nSPS) is 18.4. The van der Waals surface area contributed by atoms with Crippen LogP contribution in [0.25, 0.3) is 20.9 Å². The number of aryl methyl sites for hydroxylation is 1. The van der Waals surface area contributed by atoms with E-state index >= 15 is 0 Å². The standard InChI is InChI=1S/2C12H17N5O2/c1-12(2,3)19-11(18)17-7-8-9(14-16-13)5-4-6-10(8)15-17;1-12(2,3)19-11(18)17-10-6-4-5-9(15-16-13)8(10)7-14-17/h2*7,9H,4-6H2,1-3H3. The van der Waals surface area contributed by atoms with Gasteiger partial charge in [-0.25, -0.2) is 9.59 Å². The van der Waals surface area contributed by atoms with Crippen molar-refractivity contribution in [3.63, 3.8) is 0 Å². The van der Waals surface area contributed by atoms with Crippen molar-refractivity contribution in [3.8, 4) is 0 Å². The Balaban J connectivity index is 0.000000211. The molecule has 204 valence electrons. The molecule has 0 radical (unpaired) electrons. The molecule has 0 saturated carbocycles. The minimum atomic E-state index is -0.562. The predicted molar refractivity (Wildman–Crippen MR) is 137 cm³/mol. The molecule has 4 rings (SSSR count). The first-order valence-electron chi connectivity index (χ1n) is 12.5. The van der Waals surface area contributed by atoms with E-state index in [9.17, 15) is 9.59 Å². The number of carbonyl (C=O) groups is 2. The summed E-state index contributed by atoms with van der Waals surface area (Å²) in [5, 5.41) is 15.8. The molecule has 0 spiro atoms. The molecule has 2 unspecified atom stereocenters. The third-order valence-corrected chi connectivity index (χ3v) is 5.75. The minimum absolute atomic E-state index is 0.232. The van der Waals surface area contributed by atoms with Crippen LogP contribution in [0.3, 0.4) is 0 Å². The fourth-order valence-electron chi connectivity index (χ4n) is 4.28. The summed E-state index contributed by atoms with van der Waals surface area (Å²) in [4.78, 5) is 29.6. The number of hydrogen-bond donors (Lipinski definition) is 0. The molecule has 14 heteroatoms. The Morgan fingerprint density at radius 2 is 1.47 bits per heavy atom. The third kappa shape index (κ3) is 7.27. The Kier molecular flexibility index (Phi) is 8.70. The largest absolute Gasteiger partial charge is 0.442 e. The maximum atomic E-state index is 12.0. The molecule has 2 aromatic heterocycles. The number of rotatable bonds is 2. The highest BCUT2D eigenvalue weighted by Crippen LogP contribution is 2.33. The molecule has 0 N–H and O–H groups in total. The Labute approximate surface area is 220 Å². The van der Waals surface area contributed by atoms with Crippen molar-refractivity contribution in [2.75, 3.05) is 0 Å². The summed E-state index contributed by atoms with van der Waals surface area (Å²) in [5.41, 5.74) is 19.2. The van der Waals surface area contributed by atoms with Gasteiger partial charge >= 0.3 is 12.2 Å². The molecule has 14 nitrogen and oxygen atoms in total. The Bertz CT molecular complexity index is 1250. The van der Waals surface area contributed by atoms with Crippen LogP contribution < -0.4 is 0 Å². The first-order valence-corrected chi connectivity index (χ1v) is 12.5. The van der Waals surface area contributed by atoms with E-state index < -0.39 is 23.4 Å². The van der Waals surface area contributed by atoms with Gasteiger partial charge in [-0.3, -0.25) is 0 Å². The van der Waals surface area contributed by atoms with Crippen molar-refractivity contribution in [1.82, 2.24) is 19.6 Å². The maximum absolute atomic E-state index is 12.0. The second-order valence-corrected chi connectivity index (χ2v) is 11.1. The fourth-order valence-corrected chi connectivity index (χ4v) is 4.28. The van der Waals surface area contributed by atoms with E-state index in [1.165, 1.54) is 9.36 Å². The van der Waals surface area contributed by atoms with Gasteiger partial charge in [0, 0.05) is 27.1 Å². The highest BCUT2D eigenvalue weighted by molar-refractivity contribution is 5.71. The predicted octanol–water partition coefficient (Wildman–Crippen LogP) is 6.71. The second kappa shape index (κ2) is 11.6. The van der Waals surface area contributed by atoms with Crippen LogP contribution >= 0.6 is 0 Å². The van der Waals surface area contributed by atoms with Crippen molar-refractivity contribution in [3.05, 3.63) is 55.8 Å². The van der Waals surface area contributed by atoms with Crippen molar-refractivity contribution >= 4 is 12.2 Å². The third-order valence-electron chi connectivity index (χ3n) is 5.75. The van der Waals surface area contributed by atoms with Crippen LogP contribution in [-0.2, 0) is 22.3 Å². The molecule has 0 saturated heterocycles. The lowest BCUT2D eigenvalue weighted by Crippen LogP contribution is -2.29. The van der Waals surface area contributed by atoms with Crippen molar-refractivity contribution in [2.45, 2.75) is 103 Å². The molecular formula is C24H34N10O4. The number of carbonyl (C=O) groups excluding carboxylic acids is 2. The van der Waals surface area contributed by atoms with Gasteiger partial charge in [-0.1, -0.05) is 10.2 Å². The van der Waals surface area contributed by atoms with E-state index in [2.05, 4.69) is 30.2 Å². The highest BCUT2D eigenvalue weighted by Gasteiger charge is 2.28. The van der Waals surface area contributed by atoms with Gasteiger partial charge in [-0.15, -0.1) is 0 Å². The van der Waals surface area contributed by atoms with E-state index in [4.69, 9.17) is 20.5 Å². The molecule has 0 fully saturated rings. The van der Waals surface area contributed by atoms with E-state index in [-0.39, 0.29) is 12.1 Å². The molecule has 2 aliphatic carbocycles. The molecule has 0 aromatic carbocycles. The Morgan fingerprint density at radius 1 is 0.921 bits per heavy atom. The van der Waals surface area contributed by atoms with Gasteiger partial charge in [0.25, 0.3) is 0 Å². The molecule has 2 heterocycles. The average Bonchev–Trinajstić information content (AvgIpc) is 3.44. The molecule has 2 aliphatic rings. The zero-order valence-electron chi connectivity index (χ0n) is 22.7. The quantitative estimate of drug-likeness (QED) is 0.237. The first kappa shape index (κ1) is 28.5. The van der Waals surface area contributed by atoms with E-state index in [0.29, 0.717) is 0 Å². The lowest BCUT2D eigenvalue weighted by atomic mass is 9.94. The van der Waals surface area contributed by atoms with Gasteiger partial charge in [-0.2, -0.15) is 19.6 Å². The van der Waals surface area contributed by atoms with Crippen LogP contribution in [0.1, 0.15) is 102 Å². The smallest absolute Gasteiger partial charge is 0.435 e. The summed E-state index contributed by atoms with van der Waals surface area (Å²) >= 11 is 0. The summed E-state index contributed by atoms with van der Waals surface area (Å²) in [7, 11) is 0. The van der Waals surface area contributed by atoms with Gasteiger partial charge in [-0.05, 0) is 91.1 Å². The van der Waals surface area contributed by atoms with Crippen molar-refractivity contribution < 1.29 is 19.1 Å². The van der Waals surface area contributed by atoms with E-state index in [1.807, 2.05) is 20.8 Å². The van der Waals surface area contributed by atoms with Gasteiger partial charge in [0.05, 0.1) is 29.7 Å². The van der Waals surface area contributed by atoms with Crippen LogP contribution in [0, 0.1) is 0 Å². The molecule has 2 atom stereocenters. The second-order valence-electron chi connectivity index (χ2n) is 11.1. The Hall–Kier alpha value is -4.02. The zero-order valence-corrected chi connectivity index (χ0v) is 22.7. The van der Waals surface area contributed by atoms with E-state index in [1.54, 1.807) is 33.2 Å². The average molecular weight is 527 g/mol. The molecule has 0 amide bonds. The van der Waals surface area contributed by atoms with Crippen LogP contribution in [0.2, 0.25) is 0 Å². The summed E-state index contributed by atoms with van der Waals surface area (Å²) in [6.45, 7) is 10.8. The van der Waals surface area contributed by atoms with Gasteiger partial charge in [0.1, 0.15) is 11.2 Å². The highest BCUT2D eigenvalue weighted by atomic mass is 16.6. The van der Waals surface area contributed by atoms with Gasteiger partial charge in [0.2, 0.25) is 0 Å². The molecule has 0 bridgehead atoms. The van der Waals surface area contributed by atoms with Gasteiger partial charge in [0.15, 0.2) is 0 Å². The van der Waals surface area contributed by atoms with Gasteiger partial charge < -0.3 is 9.47 Å². The summed E-state index contributed by atoms with van der Waals surface area (Å²) in [5.74, 6) is 0. The number of aromatic nitrogens is 4. The molecule has 38 heavy (non-hydrogen) atoms. The lowest BCUT2D eigenvalue weighted by molar-refractivity contribution is 0.0500. The number of hydrogen-bond acceptors (Lipinski definition) is 8. The van der Waals surface area contributed by atoms with Crippen LogP contribution in [0.4, 0.5) is 9.59 Å². The summed E-state index contributed by atoms with van der Waals surface area (Å²) in [6, 6.07) is -0.463. The molecule has 0 aliphatic heterocycles. The van der Waals surface area contributed by atoms with Crippen LogP contribution in [0.15, 0.2) is 22.6 Å². The lowest BCUT2D eigenvalue weighted by Gasteiger charge is -2.22. The molecule has 2 aromatic rings. The summed E-state index contributed by atoms with van der Waals surface area (Å²) in [6.07, 6.45) is 7.09. The summed E-state index contributed by atoms with van der Waals surface area (Å²) < 4.78 is 13.0. The fraction of sp³-hybridized carbons (Fsp3) is 0.667. The van der Waals surface area contributed by atoms with Crippen LogP contribution in [0.5, 0.6) is 0 Å². The number of ether oxygens (including phenoxy) is 2. The van der Waals surface area contributed by atoms with E-state index in [0.717, 1.165) is 61.0 Å².